The Morgan fingerprint density at radius 3 is 2.91 bits per heavy atom. The highest BCUT2D eigenvalue weighted by atomic mass is 16.5. The summed E-state index contributed by atoms with van der Waals surface area (Å²) in [6, 6.07) is -0.564. The summed E-state index contributed by atoms with van der Waals surface area (Å²) >= 11 is 0. The second kappa shape index (κ2) is 5.75. The van der Waals surface area contributed by atoms with E-state index in [0.717, 1.165) is 0 Å². The first kappa shape index (κ1) is 9.99. The van der Waals surface area contributed by atoms with Crippen LogP contribution in [0.4, 0.5) is 0 Å². The van der Waals surface area contributed by atoms with E-state index in [1.807, 2.05) is 0 Å². The molecule has 2 N–H and O–H groups in total. The average molecular weight is 155 g/mol. The molecule has 1 atom stereocenters. The van der Waals surface area contributed by atoms with Crippen molar-refractivity contribution in [3.05, 3.63) is 0 Å². The first-order valence-electron chi connectivity index (χ1n) is 3.58. The lowest BCUT2D eigenvalue weighted by Gasteiger charge is -2.07. The van der Waals surface area contributed by atoms with Crippen molar-refractivity contribution in [2.75, 3.05) is 6.61 Å². The molecule has 0 aromatic carbocycles. The third kappa shape index (κ3) is 4.40. The third-order valence-electron chi connectivity index (χ3n) is 1.19. The van der Waals surface area contributed by atoms with Crippen molar-refractivity contribution in [2.24, 2.45) is 5.73 Å². The number of nitrogens with two attached hydrogens (primary N) is 1. The first-order valence-corrected chi connectivity index (χ1v) is 3.58. The van der Waals surface area contributed by atoms with E-state index in [9.17, 15) is 4.79 Å². The number of terminal acetylenes is 1. The van der Waals surface area contributed by atoms with Crippen LogP contribution in [0.15, 0.2) is 0 Å². The highest BCUT2D eigenvalue weighted by Crippen LogP contribution is 1.95. The Labute approximate surface area is 66.9 Å². The van der Waals surface area contributed by atoms with Crippen molar-refractivity contribution in [1.29, 1.82) is 0 Å². The van der Waals surface area contributed by atoms with E-state index in [2.05, 4.69) is 10.7 Å². The number of esters is 1. The van der Waals surface area contributed by atoms with E-state index in [0.29, 0.717) is 19.4 Å². The molecule has 0 aliphatic rings. The summed E-state index contributed by atoms with van der Waals surface area (Å²) in [6.45, 7) is 2.11. The van der Waals surface area contributed by atoms with Gasteiger partial charge in [0.05, 0.1) is 6.61 Å². The maximum absolute atomic E-state index is 10.8. The van der Waals surface area contributed by atoms with Gasteiger partial charge in [0, 0.05) is 6.42 Å². The van der Waals surface area contributed by atoms with Crippen LogP contribution in [0.2, 0.25) is 0 Å². The van der Waals surface area contributed by atoms with Crippen molar-refractivity contribution in [1.82, 2.24) is 0 Å². The molecule has 0 aromatic heterocycles. The van der Waals surface area contributed by atoms with Crippen molar-refractivity contribution in [2.45, 2.75) is 25.8 Å². The van der Waals surface area contributed by atoms with Gasteiger partial charge < -0.3 is 10.5 Å². The molecule has 0 aliphatic heterocycles. The topological polar surface area (TPSA) is 52.3 Å². The molecular formula is C8H13NO2. The molecule has 0 amide bonds. The fourth-order valence-electron chi connectivity index (χ4n) is 0.606. The van der Waals surface area contributed by atoms with E-state index in [1.165, 1.54) is 0 Å². The van der Waals surface area contributed by atoms with Gasteiger partial charge in [-0.1, -0.05) is 0 Å². The number of carbonyl (C=O) groups excluding carboxylic acids is 1. The van der Waals surface area contributed by atoms with Gasteiger partial charge in [-0.05, 0) is 13.3 Å². The Bertz CT molecular complexity index is 160. The van der Waals surface area contributed by atoms with Gasteiger partial charge in [0.15, 0.2) is 0 Å². The Kier molecular flexibility index (Phi) is 5.22. The lowest BCUT2D eigenvalue weighted by molar-refractivity contribution is -0.144. The zero-order valence-corrected chi connectivity index (χ0v) is 6.67. The summed E-state index contributed by atoms with van der Waals surface area (Å²) in [4.78, 5) is 10.8. The zero-order valence-electron chi connectivity index (χ0n) is 6.67. The van der Waals surface area contributed by atoms with E-state index >= 15 is 0 Å². The quantitative estimate of drug-likeness (QED) is 0.469. The van der Waals surface area contributed by atoms with Crippen LogP contribution in [-0.4, -0.2) is 18.6 Å². The van der Waals surface area contributed by atoms with Gasteiger partial charge >= 0.3 is 5.97 Å². The van der Waals surface area contributed by atoms with Gasteiger partial charge in [0.1, 0.15) is 6.04 Å². The fraction of sp³-hybridized carbons (Fsp3) is 0.625. The maximum atomic E-state index is 10.8. The van der Waals surface area contributed by atoms with Crippen molar-refractivity contribution >= 4 is 5.97 Å². The second-order valence-corrected chi connectivity index (χ2v) is 2.10. The molecule has 0 saturated carbocycles. The van der Waals surface area contributed by atoms with Crippen LogP contribution in [0.5, 0.6) is 0 Å². The molecule has 0 saturated heterocycles. The third-order valence-corrected chi connectivity index (χ3v) is 1.19. The SMILES string of the molecule is C#CCC[C@H](N)C(=O)OCC. The van der Waals surface area contributed by atoms with Crippen LogP contribution in [-0.2, 0) is 9.53 Å². The highest BCUT2D eigenvalue weighted by Gasteiger charge is 2.12. The van der Waals surface area contributed by atoms with Gasteiger partial charge in [-0.3, -0.25) is 4.79 Å². The zero-order chi connectivity index (χ0) is 8.69. The summed E-state index contributed by atoms with van der Waals surface area (Å²) in [5.74, 6) is 2.04. The van der Waals surface area contributed by atoms with Crippen molar-refractivity contribution in [3.63, 3.8) is 0 Å². The van der Waals surface area contributed by atoms with Crippen molar-refractivity contribution < 1.29 is 9.53 Å². The van der Waals surface area contributed by atoms with Crippen LogP contribution in [0.1, 0.15) is 19.8 Å². The molecule has 62 valence electrons. The smallest absolute Gasteiger partial charge is 0.322 e. The Morgan fingerprint density at radius 1 is 1.82 bits per heavy atom. The van der Waals surface area contributed by atoms with E-state index in [4.69, 9.17) is 12.2 Å². The Morgan fingerprint density at radius 2 is 2.45 bits per heavy atom. The van der Waals surface area contributed by atoms with Crippen LogP contribution < -0.4 is 5.73 Å². The molecule has 0 rings (SSSR count). The Hall–Kier alpha value is -1.01. The van der Waals surface area contributed by atoms with E-state index < -0.39 is 6.04 Å². The minimum atomic E-state index is -0.564. The molecular weight excluding hydrogens is 142 g/mol. The molecule has 0 fully saturated rings. The number of rotatable bonds is 4. The monoisotopic (exact) mass is 155 g/mol. The van der Waals surface area contributed by atoms with Gasteiger partial charge in [-0.15, -0.1) is 12.3 Å². The van der Waals surface area contributed by atoms with E-state index in [1.54, 1.807) is 6.92 Å². The van der Waals surface area contributed by atoms with Crippen molar-refractivity contribution in [3.8, 4) is 12.3 Å². The summed E-state index contributed by atoms with van der Waals surface area (Å²) in [5, 5.41) is 0. The molecule has 0 aliphatic carbocycles. The standard InChI is InChI=1S/C8H13NO2/c1-3-5-6-7(9)8(10)11-4-2/h1,7H,4-6,9H2,2H3/t7-/m0/s1. The molecule has 0 radical (unpaired) electrons. The fourth-order valence-corrected chi connectivity index (χ4v) is 0.606. The van der Waals surface area contributed by atoms with Gasteiger partial charge in [0.2, 0.25) is 0 Å². The molecule has 0 bridgehead atoms. The molecule has 0 heterocycles. The molecule has 0 spiro atoms. The normalized spacial score (nSPS) is 11.7. The number of hydrogen-bond donors (Lipinski definition) is 1. The average Bonchev–Trinajstić information content (AvgIpc) is 2.00. The lowest BCUT2D eigenvalue weighted by Crippen LogP contribution is -2.32. The molecule has 0 aromatic rings. The molecule has 0 unspecified atom stereocenters. The first-order chi connectivity index (χ1) is 5.22. The summed E-state index contributed by atoms with van der Waals surface area (Å²) in [5.41, 5.74) is 5.42. The van der Waals surface area contributed by atoms with Gasteiger partial charge in [-0.2, -0.15) is 0 Å². The maximum Gasteiger partial charge on any atom is 0.322 e. The second-order valence-electron chi connectivity index (χ2n) is 2.10. The van der Waals surface area contributed by atoms with Crippen LogP contribution in [0, 0.1) is 12.3 Å². The number of carbonyl (C=O) groups is 1. The predicted octanol–water partition coefficient (Wildman–Crippen LogP) is 0.290. The van der Waals surface area contributed by atoms with E-state index in [-0.39, 0.29) is 5.97 Å². The lowest BCUT2D eigenvalue weighted by atomic mass is 10.2. The minimum Gasteiger partial charge on any atom is -0.465 e. The summed E-state index contributed by atoms with van der Waals surface area (Å²) in [7, 11) is 0. The largest absolute Gasteiger partial charge is 0.465 e. The molecule has 3 nitrogen and oxygen atoms in total. The van der Waals surface area contributed by atoms with Crippen LogP contribution in [0.3, 0.4) is 0 Å². The van der Waals surface area contributed by atoms with Crippen LogP contribution >= 0.6 is 0 Å². The summed E-state index contributed by atoms with van der Waals surface area (Å²) in [6.07, 6.45) is 6.00. The van der Waals surface area contributed by atoms with Crippen LogP contribution in [0.25, 0.3) is 0 Å². The Balaban J connectivity index is 3.57. The molecule has 3 heteroatoms. The predicted molar refractivity (Wildman–Crippen MR) is 42.7 cm³/mol. The number of ether oxygens (including phenoxy) is 1. The number of hydrogen-bond acceptors (Lipinski definition) is 3. The van der Waals surface area contributed by atoms with Gasteiger partial charge in [-0.25, -0.2) is 0 Å². The minimum absolute atomic E-state index is 0.364. The highest BCUT2D eigenvalue weighted by molar-refractivity contribution is 5.75. The summed E-state index contributed by atoms with van der Waals surface area (Å²) < 4.78 is 4.67. The van der Waals surface area contributed by atoms with Gasteiger partial charge in [0.25, 0.3) is 0 Å². The molecule has 11 heavy (non-hydrogen) atoms.